The molecule has 160 valence electrons. The second-order valence-corrected chi connectivity index (χ2v) is 8.50. The Labute approximate surface area is 170 Å². The number of rotatable bonds is 5. The van der Waals surface area contributed by atoms with Gasteiger partial charge in [0.15, 0.2) is 0 Å². The molecule has 0 spiro atoms. The number of sulfonamides is 1. The minimum atomic E-state index is -4.02. The van der Waals surface area contributed by atoms with Gasteiger partial charge in [-0.2, -0.15) is 0 Å². The Hall–Kier alpha value is -2.21. The molecule has 2 amide bonds. The zero-order valence-electron chi connectivity index (χ0n) is 16.4. The van der Waals surface area contributed by atoms with Crippen molar-refractivity contribution in [1.82, 2.24) is 14.7 Å². The predicted molar refractivity (Wildman–Crippen MR) is 104 cm³/mol. The van der Waals surface area contributed by atoms with Crippen LogP contribution in [-0.2, 0) is 19.6 Å². The second-order valence-electron chi connectivity index (χ2n) is 6.97. The van der Waals surface area contributed by atoms with Gasteiger partial charge in [-0.15, -0.1) is 0 Å². The van der Waals surface area contributed by atoms with Crippen LogP contribution in [0.1, 0.15) is 10.4 Å². The molecule has 2 N–H and O–H groups in total. The van der Waals surface area contributed by atoms with E-state index in [1.807, 2.05) is 4.90 Å². The molecule has 29 heavy (non-hydrogen) atoms. The van der Waals surface area contributed by atoms with E-state index >= 15 is 0 Å². The van der Waals surface area contributed by atoms with Gasteiger partial charge in [0, 0.05) is 44.8 Å². The first-order valence-electron chi connectivity index (χ1n) is 9.37. The van der Waals surface area contributed by atoms with Crippen molar-refractivity contribution >= 4 is 21.8 Å². The molecule has 0 saturated carbocycles. The maximum absolute atomic E-state index is 12.8. The van der Waals surface area contributed by atoms with Crippen molar-refractivity contribution in [2.75, 3.05) is 66.1 Å². The Morgan fingerprint density at radius 3 is 2.31 bits per heavy atom. The Morgan fingerprint density at radius 1 is 1.07 bits per heavy atom. The normalized spacial score (nSPS) is 18.6. The molecule has 3 rings (SSSR count). The molecule has 2 saturated heterocycles. The highest BCUT2D eigenvalue weighted by atomic mass is 32.2. The molecule has 2 heterocycles. The third-order valence-electron chi connectivity index (χ3n) is 5.10. The van der Waals surface area contributed by atoms with Gasteiger partial charge in [-0.1, -0.05) is 0 Å². The van der Waals surface area contributed by atoms with Crippen LogP contribution in [0.5, 0.6) is 5.75 Å². The van der Waals surface area contributed by atoms with Gasteiger partial charge < -0.3 is 19.3 Å². The monoisotopic (exact) mass is 426 g/mol. The van der Waals surface area contributed by atoms with Crippen molar-refractivity contribution in [2.24, 2.45) is 5.14 Å². The van der Waals surface area contributed by atoms with Crippen molar-refractivity contribution in [3.05, 3.63) is 23.8 Å². The average Bonchev–Trinajstić information content (AvgIpc) is 2.73. The van der Waals surface area contributed by atoms with Crippen molar-refractivity contribution in [2.45, 2.75) is 4.90 Å². The van der Waals surface area contributed by atoms with Crippen LogP contribution >= 0.6 is 0 Å². The molecule has 10 nitrogen and oxygen atoms in total. The SMILES string of the molecule is COc1ccc(C(=O)N2CCN(CC(=O)N3CCOCC3)CC2)cc1S(N)(=O)=O. The van der Waals surface area contributed by atoms with Crippen LogP contribution in [-0.4, -0.2) is 101 Å². The summed E-state index contributed by atoms with van der Waals surface area (Å²) in [7, 11) is -2.68. The molecule has 11 heteroatoms. The van der Waals surface area contributed by atoms with E-state index in [1.165, 1.54) is 25.3 Å². The first kappa shape index (κ1) is 21.5. The fourth-order valence-corrected chi connectivity index (χ4v) is 4.15. The number of nitrogens with zero attached hydrogens (tertiary/aromatic N) is 3. The van der Waals surface area contributed by atoms with Gasteiger partial charge in [0.25, 0.3) is 5.91 Å². The Morgan fingerprint density at radius 2 is 1.72 bits per heavy atom. The zero-order valence-corrected chi connectivity index (χ0v) is 17.2. The molecule has 0 aromatic heterocycles. The van der Waals surface area contributed by atoms with Gasteiger partial charge in [-0.25, -0.2) is 13.6 Å². The zero-order chi connectivity index (χ0) is 21.0. The smallest absolute Gasteiger partial charge is 0.253 e. The number of carbonyl (C=O) groups is 2. The van der Waals surface area contributed by atoms with Crippen LogP contribution in [0.15, 0.2) is 23.1 Å². The van der Waals surface area contributed by atoms with E-state index in [9.17, 15) is 18.0 Å². The maximum Gasteiger partial charge on any atom is 0.253 e. The number of piperazine rings is 1. The third-order valence-corrected chi connectivity index (χ3v) is 6.03. The highest BCUT2D eigenvalue weighted by molar-refractivity contribution is 7.89. The van der Waals surface area contributed by atoms with Crippen LogP contribution in [0.25, 0.3) is 0 Å². The molecule has 1 aromatic rings. The summed E-state index contributed by atoms with van der Waals surface area (Å²) in [6, 6.07) is 4.18. The van der Waals surface area contributed by atoms with Crippen molar-refractivity contribution in [1.29, 1.82) is 0 Å². The number of benzene rings is 1. The van der Waals surface area contributed by atoms with Gasteiger partial charge in [-0.3, -0.25) is 14.5 Å². The van der Waals surface area contributed by atoms with Crippen molar-refractivity contribution < 1.29 is 27.5 Å². The molecule has 0 unspecified atom stereocenters. The van der Waals surface area contributed by atoms with E-state index in [2.05, 4.69) is 0 Å². The first-order chi connectivity index (χ1) is 13.8. The summed E-state index contributed by atoms with van der Waals surface area (Å²) in [5.74, 6) is -0.117. The van der Waals surface area contributed by atoms with E-state index in [0.717, 1.165) is 0 Å². The molecular weight excluding hydrogens is 400 g/mol. The van der Waals surface area contributed by atoms with Crippen molar-refractivity contribution in [3.63, 3.8) is 0 Å². The maximum atomic E-state index is 12.8. The second kappa shape index (κ2) is 9.08. The Balaban J connectivity index is 1.59. The number of hydrogen-bond donors (Lipinski definition) is 1. The number of methoxy groups -OCH3 is 1. The number of nitrogens with two attached hydrogens (primary N) is 1. The molecule has 2 aliphatic rings. The number of hydrogen-bond acceptors (Lipinski definition) is 7. The summed E-state index contributed by atoms with van der Waals surface area (Å²) in [6.07, 6.45) is 0. The van der Waals surface area contributed by atoms with E-state index in [-0.39, 0.29) is 28.0 Å². The Bertz CT molecular complexity index is 861. The number of morpholine rings is 1. The van der Waals surface area contributed by atoms with Crippen LogP contribution in [0.4, 0.5) is 0 Å². The summed E-state index contributed by atoms with van der Waals surface area (Å²) >= 11 is 0. The summed E-state index contributed by atoms with van der Waals surface area (Å²) in [5.41, 5.74) is 0.229. The van der Waals surface area contributed by atoms with E-state index in [4.69, 9.17) is 14.6 Å². The van der Waals surface area contributed by atoms with Gasteiger partial charge in [0.2, 0.25) is 15.9 Å². The number of primary sulfonamides is 1. The molecule has 0 radical (unpaired) electrons. The molecule has 2 fully saturated rings. The van der Waals surface area contributed by atoms with Crippen LogP contribution in [0.3, 0.4) is 0 Å². The third kappa shape index (κ3) is 5.24. The lowest BCUT2D eigenvalue weighted by atomic mass is 10.1. The van der Waals surface area contributed by atoms with E-state index in [0.29, 0.717) is 59.0 Å². The molecule has 2 aliphatic heterocycles. The van der Waals surface area contributed by atoms with Crippen molar-refractivity contribution in [3.8, 4) is 5.75 Å². The topological polar surface area (TPSA) is 122 Å². The molecule has 0 bridgehead atoms. The standard InChI is InChI=1S/C18H26N4O6S/c1-27-15-3-2-14(12-16(15)29(19,25)26)18(24)22-6-4-20(5-7-22)13-17(23)21-8-10-28-11-9-21/h2-3,12H,4-11,13H2,1H3,(H2,19,25,26). The van der Waals surface area contributed by atoms with Gasteiger partial charge in [0.1, 0.15) is 10.6 Å². The Kier molecular flexibility index (Phi) is 6.73. The largest absolute Gasteiger partial charge is 0.495 e. The number of amides is 2. The molecule has 0 aliphatic carbocycles. The van der Waals surface area contributed by atoms with Crippen LogP contribution in [0, 0.1) is 0 Å². The quantitative estimate of drug-likeness (QED) is 0.638. The van der Waals surface area contributed by atoms with Crippen LogP contribution in [0.2, 0.25) is 0 Å². The summed E-state index contributed by atoms with van der Waals surface area (Å²) in [5, 5.41) is 5.22. The lowest BCUT2D eigenvalue weighted by molar-refractivity contribution is -0.136. The summed E-state index contributed by atoms with van der Waals surface area (Å²) in [4.78, 5) is 30.4. The summed E-state index contributed by atoms with van der Waals surface area (Å²) in [6.45, 7) is 4.72. The molecule has 0 atom stereocenters. The van der Waals surface area contributed by atoms with Gasteiger partial charge >= 0.3 is 0 Å². The van der Waals surface area contributed by atoms with E-state index < -0.39 is 10.0 Å². The highest BCUT2D eigenvalue weighted by Crippen LogP contribution is 2.24. The predicted octanol–water partition coefficient (Wildman–Crippen LogP) is -1.04. The van der Waals surface area contributed by atoms with Gasteiger partial charge in [0.05, 0.1) is 26.9 Å². The summed E-state index contributed by atoms with van der Waals surface area (Å²) < 4.78 is 33.8. The van der Waals surface area contributed by atoms with E-state index in [1.54, 1.807) is 9.80 Å². The average molecular weight is 426 g/mol. The first-order valence-corrected chi connectivity index (χ1v) is 10.9. The van der Waals surface area contributed by atoms with Gasteiger partial charge in [-0.05, 0) is 18.2 Å². The molecular formula is C18H26N4O6S. The highest BCUT2D eigenvalue weighted by Gasteiger charge is 2.26. The lowest BCUT2D eigenvalue weighted by Crippen LogP contribution is -2.52. The minimum absolute atomic E-state index is 0.0704. The number of ether oxygens (including phenoxy) is 2. The fraction of sp³-hybridized carbons (Fsp3) is 0.556. The lowest BCUT2D eigenvalue weighted by Gasteiger charge is -2.36. The number of carbonyl (C=O) groups excluding carboxylic acids is 2. The fourth-order valence-electron chi connectivity index (χ4n) is 3.43. The van der Waals surface area contributed by atoms with Crippen LogP contribution < -0.4 is 9.88 Å². The minimum Gasteiger partial charge on any atom is -0.495 e. The molecule has 1 aromatic carbocycles.